The highest BCUT2D eigenvalue weighted by Gasteiger charge is 2.32. The van der Waals surface area contributed by atoms with E-state index in [4.69, 9.17) is 15.2 Å². The Morgan fingerprint density at radius 3 is 2.12 bits per heavy atom. The van der Waals surface area contributed by atoms with Crippen molar-refractivity contribution in [1.82, 2.24) is 5.32 Å². The summed E-state index contributed by atoms with van der Waals surface area (Å²) in [5.41, 5.74) is 10.9. The van der Waals surface area contributed by atoms with E-state index in [1.807, 2.05) is 60.7 Å². The Morgan fingerprint density at radius 1 is 0.780 bits per heavy atom. The van der Waals surface area contributed by atoms with Crippen LogP contribution in [-0.2, 0) is 32.2 Å². The summed E-state index contributed by atoms with van der Waals surface area (Å²) in [6.45, 7) is 0.364. The van der Waals surface area contributed by atoms with Crippen LogP contribution in [0, 0.1) is 0 Å². The fourth-order valence-electron chi connectivity index (χ4n) is 5.56. The van der Waals surface area contributed by atoms with Gasteiger partial charge in [0.15, 0.2) is 6.29 Å². The number of nitrogens with one attached hydrogen (secondary N) is 2. The standard InChI is InChI=1S/C39H43N3O7S/c40-33-6-4-5-7-34(33)42-37(45)9-3-1-2-8-36(44)41-23-26-10-16-30(17-11-26)39-48-31(25-50-32-20-18-29(19-21-32)38(46)47)22-35(49-39)28-14-12-27(24-43)13-15-28/h4-7,10-21,31,35,39,43H,1-3,8-9,22-25,40H2,(H,41,44)(H,42,45)(H,46,47). The van der Waals surface area contributed by atoms with Crippen LogP contribution >= 0.6 is 11.8 Å². The van der Waals surface area contributed by atoms with Crippen LogP contribution in [0.5, 0.6) is 0 Å². The minimum absolute atomic E-state index is 0.0313. The number of carbonyl (C=O) groups is 3. The third kappa shape index (κ3) is 10.9. The molecule has 4 aromatic carbocycles. The number of carbonyl (C=O) groups excluding carboxylic acids is 2. The second-order valence-corrected chi connectivity index (χ2v) is 13.3. The van der Waals surface area contributed by atoms with Crippen LogP contribution in [-0.4, -0.2) is 39.9 Å². The van der Waals surface area contributed by atoms with Gasteiger partial charge in [-0.2, -0.15) is 0 Å². The highest BCUT2D eigenvalue weighted by Crippen LogP contribution is 2.39. The van der Waals surface area contributed by atoms with E-state index in [1.54, 1.807) is 48.2 Å². The number of thioether (sulfide) groups is 1. The number of hydrogen-bond donors (Lipinski definition) is 5. The molecule has 0 aliphatic carbocycles. The van der Waals surface area contributed by atoms with Crippen LogP contribution in [0.1, 0.15) is 83.5 Å². The predicted octanol–water partition coefficient (Wildman–Crippen LogP) is 7.00. The molecule has 4 aromatic rings. The lowest BCUT2D eigenvalue weighted by Crippen LogP contribution is -2.31. The van der Waals surface area contributed by atoms with E-state index in [2.05, 4.69) is 10.6 Å². The summed E-state index contributed by atoms with van der Waals surface area (Å²) in [5.74, 6) is -0.437. The molecule has 1 fully saturated rings. The molecule has 10 nitrogen and oxygen atoms in total. The van der Waals surface area contributed by atoms with Crippen LogP contribution in [0.2, 0.25) is 0 Å². The van der Waals surface area contributed by atoms with Crippen molar-refractivity contribution in [3.8, 4) is 0 Å². The number of aliphatic hydroxyl groups excluding tert-OH is 1. The maximum absolute atomic E-state index is 12.5. The van der Waals surface area contributed by atoms with Gasteiger partial charge in [0.2, 0.25) is 11.8 Å². The van der Waals surface area contributed by atoms with Gasteiger partial charge in [-0.3, -0.25) is 9.59 Å². The van der Waals surface area contributed by atoms with Crippen molar-refractivity contribution in [3.05, 3.63) is 125 Å². The molecule has 0 radical (unpaired) electrons. The number of unbranched alkanes of at least 4 members (excludes halogenated alkanes) is 2. The number of anilines is 2. The molecule has 1 aliphatic rings. The van der Waals surface area contributed by atoms with Crippen molar-refractivity contribution < 1.29 is 34.1 Å². The van der Waals surface area contributed by atoms with Crippen molar-refractivity contribution >= 4 is 40.9 Å². The molecule has 1 aliphatic heterocycles. The summed E-state index contributed by atoms with van der Waals surface area (Å²) in [5, 5.41) is 24.5. The van der Waals surface area contributed by atoms with Gasteiger partial charge in [0.25, 0.3) is 0 Å². The lowest BCUT2D eigenvalue weighted by molar-refractivity contribution is -0.245. The monoisotopic (exact) mass is 697 g/mol. The Labute approximate surface area is 296 Å². The van der Waals surface area contributed by atoms with Crippen molar-refractivity contribution in [1.29, 1.82) is 0 Å². The van der Waals surface area contributed by atoms with Gasteiger partial charge in [0.1, 0.15) is 0 Å². The molecule has 262 valence electrons. The second kappa shape index (κ2) is 18.4. The fourth-order valence-corrected chi connectivity index (χ4v) is 6.48. The number of rotatable bonds is 16. The Bertz CT molecular complexity index is 1720. The van der Waals surface area contributed by atoms with Gasteiger partial charge >= 0.3 is 5.97 Å². The topological polar surface area (TPSA) is 160 Å². The third-order valence-electron chi connectivity index (χ3n) is 8.44. The number of benzene rings is 4. The lowest BCUT2D eigenvalue weighted by Gasteiger charge is -2.36. The van der Waals surface area contributed by atoms with Gasteiger partial charge in [0.05, 0.1) is 35.8 Å². The van der Waals surface area contributed by atoms with E-state index in [1.165, 1.54) is 0 Å². The van der Waals surface area contributed by atoms with Gasteiger partial charge in [-0.1, -0.05) is 67.1 Å². The molecule has 2 amide bonds. The minimum atomic E-state index is -0.957. The summed E-state index contributed by atoms with van der Waals surface area (Å²) in [4.78, 5) is 36.8. The normalized spacial score (nSPS) is 17.2. The number of amides is 2. The Morgan fingerprint density at radius 2 is 1.44 bits per heavy atom. The lowest BCUT2D eigenvalue weighted by atomic mass is 10.0. The smallest absolute Gasteiger partial charge is 0.335 e. The van der Waals surface area contributed by atoms with Gasteiger partial charge in [0, 0.05) is 42.0 Å². The first-order valence-corrected chi connectivity index (χ1v) is 17.7. The maximum Gasteiger partial charge on any atom is 0.335 e. The largest absolute Gasteiger partial charge is 0.478 e. The summed E-state index contributed by atoms with van der Waals surface area (Å²) in [6.07, 6.45) is 2.57. The summed E-state index contributed by atoms with van der Waals surface area (Å²) >= 11 is 1.60. The van der Waals surface area contributed by atoms with Gasteiger partial charge in [-0.05, 0) is 65.9 Å². The number of aromatic carboxylic acids is 1. The zero-order valence-corrected chi connectivity index (χ0v) is 28.6. The number of nitrogen functional groups attached to an aromatic ring is 1. The number of carboxylic acid groups (broad SMARTS) is 1. The highest BCUT2D eigenvalue weighted by atomic mass is 32.2. The number of hydrogen-bond acceptors (Lipinski definition) is 8. The summed E-state index contributed by atoms with van der Waals surface area (Å²) in [7, 11) is 0. The highest BCUT2D eigenvalue weighted by molar-refractivity contribution is 7.99. The first kappa shape index (κ1) is 36.6. The Hall–Kier alpha value is -4.68. The molecule has 3 atom stereocenters. The van der Waals surface area contributed by atoms with Crippen LogP contribution in [0.25, 0.3) is 0 Å². The van der Waals surface area contributed by atoms with E-state index >= 15 is 0 Å². The Kier molecular flexibility index (Phi) is 13.4. The van der Waals surface area contributed by atoms with Crippen LogP contribution < -0.4 is 16.4 Å². The number of carboxylic acids is 1. The number of para-hydroxylation sites is 2. The number of nitrogens with two attached hydrogens (primary N) is 1. The van der Waals surface area contributed by atoms with Crippen LogP contribution in [0.4, 0.5) is 11.4 Å². The molecule has 11 heteroatoms. The molecule has 50 heavy (non-hydrogen) atoms. The molecule has 6 N–H and O–H groups in total. The maximum atomic E-state index is 12.5. The SMILES string of the molecule is Nc1ccccc1NC(=O)CCCCCC(=O)NCc1ccc(C2OC(CSc3ccc(C(=O)O)cc3)CC(c3ccc(CO)cc3)O2)cc1. The molecule has 5 rings (SSSR count). The van der Waals surface area contributed by atoms with E-state index in [0.717, 1.165) is 33.6 Å². The zero-order chi connectivity index (χ0) is 35.3. The quantitative estimate of drug-likeness (QED) is 0.0472. The van der Waals surface area contributed by atoms with E-state index in [-0.39, 0.29) is 36.2 Å². The zero-order valence-electron chi connectivity index (χ0n) is 27.8. The molecule has 0 bridgehead atoms. The Balaban J connectivity index is 1.09. The molecule has 0 aromatic heterocycles. The predicted molar refractivity (Wildman–Crippen MR) is 193 cm³/mol. The average Bonchev–Trinajstić information content (AvgIpc) is 3.14. The molecule has 0 saturated carbocycles. The van der Waals surface area contributed by atoms with Crippen molar-refractivity contribution in [2.24, 2.45) is 0 Å². The third-order valence-corrected chi connectivity index (χ3v) is 9.58. The van der Waals surface area contributed by atoms with Gasteiger partial charge in [-0.25, -0.2) is 4.79 Å². The van der Waals surface area contributed by atoms with Crippen molar-refractivity contribution in [2.45, 2.75) is 75.1 Å². The summed E-state index contributed by atoms with van der Waals surface area (Å²) in [6, 6.07) is 29.5. The van der Waals surface area contributed by atoms with E-state index in [9.17, 15) is 24.6 Å². The van der Waals surface area contributed by atoms with E-state index < -0.39 is 12.3 Å². The van der Waals surface area contributed by atoms with E-state index in [0.29, 0.717) is 55.8 Å². The molecular formula is C39H43N3O7S. The average molecular weight is 698 g/mol. The molecule has 1 heterocycles. The number of ether oxygens (including phenoxy) is 2. The molecule has 1 saturated heterocycles. The molecular weight excluding hydrogens is 655 g/mol. The molecule has 3 unspecified atom stereocenters. The van der Waals surface area contributed by atoms with Crippen LogP contribution in [0.15, 0.2) is 102 Å². The number of aliphatic hydroxyl groups is 1. The first-order valence-electron chi connectivity index (χ1n) is 16.7. The molecule has 0 spiro atoms. The fraction of sp³-hybridized carbons (Fsp3) is 0.308. The second-order valence-electron chi connectivity index (χ2n) is 12.2. The van der Waals surface area contributed by atoms with Crippen molar-refractivity contribution in [3.63, 3.8) is 0 Å². The van der Waals surface area contributed by atoms with Crippen molar-refractivity contribution in [2.75, 3.05) is 16.8 Å². The van der Waals surface area contributed by atoms with Crippen LogP contribution in [0.3, 0.4) is 0 Å². The summed E-state index contributed by atoms with van der Waals surface area (Å²) < 4.78 is 12.9. The first-order chi connectivity index (χ1) is 24.3. The van der Waals surface area contributed by atoms with Gasteiger partial charge < -0.3 is 36.1 Å². The van der Waals surface area contributed by atoms with Gasteiger partial charge in [-0.15, -0.1) is 11.8 Å². The minimum Gasteiger partial charge on any atom is -0.478 e.